The van der Waals surface area contributed by atoms with Gasteiger partial charge in [-0.1, -0.05) is 11.6 Å². The van der Waals surface area contributed by atoms with E-state index in [0.29, 0.717) is 29.0 Å². The van der Waals surface area contributed by atoms with E-state index in [4.69, 9.17) is 16.0 Å². The quantitative estimate of drug-likeness (QED) is 0.925. The van der Waals surface area contributed by atoms with E-state index in [2.05, 4.69) is 41.3 Å². The first-order valence-electron chi connectivity index (χ1n) is 5.63. The fourth-order valence-corrected chi connectivity index (χ4v) is 1.38. The summed E-state index contributed by atoms with van der Waals surface area (Å²) in [5, 5.41) is 11.8. The maximum absolute atomic E-state index is 5.77. The molecular weight excluding hydrogens is 252 g/mol. The van der Waals surface area contributed by atoms with Gasteiger partial charge in [0.1, 0.15) is 5.69 Å². The number of aromatic nitrogens is 3. The summed E-state index contributed by atoms with van der Waals surface area (Å²) in [6.45, 7) is 6.76. The highest BCUT2D eigenvalue weighted by Gasteiger charge is 2.13. The molecule has 0 amide bonds. The molecule has 0 aliphatic heterocycles. The summed E-state index contributed by atoms with van der Waals surface area (Å²) in [7, 11) is 0. The highest BCUT2D eigenvalue weighted by molar-refractivity contribution is 6.30. The van der Waals surface area contributed by atoms with Gasteiger partial charge in [0.05, 0.1) is 11.6 Å². The maximum Gasteiger partial charge on any atom is 0.266 e. The largest absolute Gasteiger partial charge is 0.418 e. The Morgan fingerprint density at radius 2 is 2.06 bits per heavy atom. The highest BCUT2D eigenvalue weighted by Crippen LogP contribution is 2.17. The van der Waals surface area contributed by atoms with Gasteiger partial charge in [0.2, 0.25) is 5.89 Å². The van der Waals surface area contributed by atoms with Crippen LogP contribution in [0.2, 0.25) is 5.02 Å². The molecule has 0 aromatic carbocycles. The average Bonchev–Trinajstić information content (AvgIpc) is 2.75. The van der Waals surface area contributed by atoms with Crippen LogP contribution in [0.1, 0.15) is 26.7 Å². The topological polar surface area (TPSA) is 63.8 Å². The molecule has 2 heterocycles. The van der Waals surface area contributed by atoms with Crippen molar-refractivity contribution in [2.75, 3.05) is 0 Å². The number of hydrogen-bond acceptors (Lipinski definition) is 5. The number of nitrogens with one attached hydrogen (secondary N) is 1. The van der Waals surface area contributed by atoms with Crippen molar-refractivity contribution in [2.24, 2.45) is 0 Å². The van der Waals surface area contributed by atoms with Crippen molar-refractivity contribution in [3.05, 3.63) is 29.2 Å². The van der Waals surface area contributed by atoms with Crippen LogP contribution in [-0.4, -0.2) is 20.7 Å². The van der Waals surface area contributed by atoms with Crippen LogP contribution < -0.4 is 5.32 Å². The minimum atomic E-state index is 0.00710. The normalized spacial score (nSPS) is 11.8. The van der Waals surface area contributed by atoms with Crippen LogP contribution in [-0.2, 0) is 6.54 Å². The zero-order chi connectivity index (χ0) is 13.2. The summed E-state index contributed by atoms with van der Waals surface area (Å²) < 4.78 is 5.51. The van der Waals surface area contributed by atoms with Gasteiger partial charge in [-0.15, -0.1) is 10.2 Å². The molecule has 18 heavy (non-hydrogen) atoms. The van der Waals surface area contributed by atoms with Crippen molar-refractivity contribution >= 4 is 11.6 Å². The number of hydrogen-bond donors (Lipinski definition) is 1. The molecule has 0 radical (unpaired) electrons. The van der Waals surface area contributed by atoms with Crippen molar-refractivity contribution in [3.8, 4) is 11.6 Å². The molecule has 2 aromatic heterocycles. The van der Waals surface area contributed by atoms with E-state index in [1.807, 2.05) is 0 Å². The molecular formula is C12H15ClN4O. The smallest absolute Gasteiger partial charge is 0.266 e. The fourth-order valence-electron chi connectivity index (χ4n) is 1.27. The van der Waals surface area contributed by atoms with Gasteiger partial charge >= 0.3 is 0 Å². The Morgan fingerprint density at radius 3 is 2.67 bits per heavy atom. The first-order chi connectivity index (χ1) is 8.44. The molecule has 1 N–H and O–H groups in total. The highest BCUT2D eigenvalue weighted by atomic mass is 35.5. The van der Waals surface area contributed by atoms with E-state index < -0.39 is 0 Å². The second-order valence-electron chi connectivity index (χ2n) is 4.97. The van der Waals surface area contributed by atoms with Gasteiger partial charge in [0, 0.05) is 11.7 Å². The van der Waals surface area contributed by atoms with Crippen LogP contribution in [0.5, 0.6) is 0 Å². The van der Waals surface area contributed by atoms with Crippen molar-refractivity contribution < 1.29 is 4.42 Å². The molecule has 2 rings (SSSR count). The average molecular weight is 267 g/mol. The minimum absolute atomic E-state index is 0.00710. The Balaban J connectivity index is 2.08. The van der Waals surface area contributed by atoms with Crippen LogP contribution >= 0.6 is 11.6 Å². The molecule has 0 aliphatic rings. The molecule has 0 saturated heterocycles. The first-order valence-corrected chi connectivity index (χ1v) is 6.01. The predicted molar refractivity (Wildman–Crippen MR) is 69.1 cm³/mol. The van der Waals surface area contributed by atoms with E-state index >= 15 is 0 Å². The third-order valence-electron chi connectivity index (χ3n) is 2.18. The Bertz CT molecular complexity index is 516. The summed E-state index contributed by atoms with van der Waals surface area (Å²) in [5.74, 6) is 0.939. The summed E-state index contributed by atoms with van der Waals surface area (Å²) in [6, 6.07) is 3.48. The SMILES string of the molecule is CC(C)(C)NCc1nnc(-c2ccc(Cl)cn2)o1. The molecule has 0 spiro atoms. The van der Waals surface area contributed by atoms with Gasteiger partial charge in [-0.3, -0.25) is 0 Å². The molecule has 0 saturated carbocycles. The molecule has 6 heteroatoms. The Labute approximate surface area is 111 Å². The summed E-state index contributed by atoms with van der Waals surface area (Å²) in [6.07, 6.45) is 1.55. The third-order valence-corrected chi connectivity index (χ3v) is 2.41. The van der Waals surface area contributed by atoms with Gasteiger partial charge in [0.25, 0.3) is 5.89 Å². The van der Waals surface area contributed by atoms with Crippen molar-refractivity contribution in [2.45, 2.75) is 32.9 Å². The van der Waals surface area contributed by atoms with Crippen molar-refractivity contribution in [1.29, 1.82) is 0 Å². The van der Waals surface area contributed by atoms with Crippen molar-refractivity contribution in [1.82, 2.24) is 20.5 Å². The molecule has 0 bridgehead atoms. The predicted octanol–water partition coefficient (Wildman–Crippen LogP) is 2.67. The van der Waals surface area contributed by atoms with Crippen LogP contribution in [0.25, 0.3) is 11.6 Å². The molecule has 0 atom stereocenters. The lowest BCUT2D eigenvalue weighted by Crippen LogP contribution is -2.35. The molecule has 5 nitrogen and oxygen atoms in total. The Morgan fingerprint density at radius 1 is 1.28 bits per heavy atom. The Hall–Kier alpha value is -1.46. The van der Waals surface area contributed by atoms with Gasteiger partial charge in [-0.25, -0.2) is 4.98 Å². The molecule has 0 fully saturated rings. The second-order valence-corrected chi connectivity index (χ2v) is 5.40. The lowest BCUT2D eigenvalue weighted by molar-refractivity contribution is 0.383. The minimum Gasteiger partial charge on any atom is -0.418 e. The molecule has 0 unspecified atom stereocenters. The van der Waals surface area contributed by atoms with E-state index in [1.54, 1.807) is 18.3 Å². The number of rotatable bonds is 3. The summed E-state index contributed by atoms with van der Waals surface area (Å²) >= 11 is 5.77. The maximum atomic E-state index is 5.77. The third kappa shape index (κ3) is 3.51. The molecule has 0 aliphatic carbocycles. The van der Waals surface area contributed by atoms with Crippen LogP contribution in [0.4, 0.5) is 0 Å². The number of halogens is 1. The van der Waals surface area contributed by atoms with Crippen LogP contribution in [0.15, 0.2) is 22.7 Å². The zero-order valence-electron chi connectivity index (χ0n) is 10.6. The van der Waals surface area contributed by atoms with Crippen LogP contribution in [0, 0.1) is 0 Å². The molecule has 2 aromatic rings. The fraction of sp³-hybridized carbons (Fsp3) is 0.417. The zero-order valence-corrected chi connectivity index (χ0v) is 11.3. The van der Waals surface area contributed by atoms with E-state index in [1.165, 1.54) is 0 Å². The summed E-state index contributed by atoms with van der Waals surface area (Å²) in [4.78, 5) is 4.12. The Kier molecular flexibility index (Phi) is 3.63. The number of nitrogens with zero attached hydrogens (tertiary/aromatic N) is 3. The van der Waals surface area contributed by atoms with Crippen LogP contribution in [0.3, 0.4) is 0 Å². The molecule has 96 valence electrons. The van der Waals surface area contributed by atoms with E-state index in [9.17, 15) is 0 Å². The standard InChI is InChI=1S/C12H15ClN4O/c1-12(2,3)15-7-10-16-17-11(18-10)9-5-4-8(13)6-14-9/h4-6,15H,7H2,1-3H3. The van der Waals surface area contributed by atoms with Gasteiger partial charge in [-0.05, 0) is 32.9 Å². The first kappa shape index (κ1) is 13.0. The van der Waals surface area contributed by atoms with E-state index in [-0.39, 0.29) is 5.54 Å². The van der Waals surface area contributed by atoms with E-state index in [0.717, 1.165) is 0 Å². The van der Waals surface area contributed by atoms with Crippen molar-refractivity contribution in [3.63, 3.8) is 0 Å². The lowest BCUT2D eigenvalue weighted by Gasteiger charge is -2.18. The lowest BCUT2D eigenvalue weighted by atomic mass is 10.1. The summed E-state index contributed by atoms with van der Waals surface area (Å²) in [5.41, 5.74) is 0.626. The van der Waals surface area contributed by atoms with Gasteiger partial charge < -0.3 is 9.73 Å². The second kappa shape index (κ2) is 5.04. The van der Waals surface area contributed by atoms with Gasteiger partial charge in [-0.2, -0.15) is 0 Å². The monoisotopic (exact) mass is 266 g/mol. The number of pyridine rings is 1. The van der Waals surface area contributed by atoms with Gasteiger partial charge in [0.15, 0.2) is 0 Å².